The normalized spacial score (nSPS) is 10.9. The molecule has 1 heterocycles. The number of non-ortho nitro benzene ring substituents is 1. The van der Waals surface area contributed by atoms with Crippen LogP contribution in [-0.4, -0.2) is 16.2 Å². The Bertz CT molecular complexity index is 953. The molecule has 0 fully saturated rings. The Morgan fingerprint density at radius 1 is 1.20 bits per heavy atom. The molecule has 0 saturated heterocycles. The van der Waals surface area contributed by atoms with Crippen molar-refractivity contribution in [3.63, 3.8) is 0 Å². The third kappa shape index (κ3) is 3.96. The molecule has 2 N–H and O–H groups in total. The summed E-state index contributed by atoms with van der Waals surface area (Å²) in [6, 6.07) is 14.0. The van der Waals surface area contributed by atoms with E-state index in [1.165, 1.54) is 24.4 Å². The minimum absolute atomic E-state index is 0.111. The Balaban J connectivity index is 1.77. The Morgan fingerprint density at radius 2 is 2.04 bits per heavy atom. The van der Waals surface area contributed by atoms with Crippen LogP contribution in [0.25, 0.3) is 11.3 Å². The number of hydrogen-bond donors (Lipinski definition) is 2. The lowest BCUT2D eigenvalue weighted by Gasteiger charge is -2.01. The number of anilines is 1. The first kappa shape index (κ1) is 16.5. The lowest BCUT2D eigenvalue weighted by molar-refractivity contribution is -0.384. The second-order valence-corrected chi connectivity index (χ2v) is 5.48. The van der Waals surface area contributed by atoms with Crippen LogP contribution in [0.4, 0.5) is 11.4 Å². The molecule has 0 saturated carbocycles. The smallest absolute Gasteiger partial charge is 0.270 e. The van der Waals surface area contributed by atoms with Crippen molar-refractivity contribution >= 4 is 29.2 Å². The van der Waals surface area contributed by atoms with Gasteiger partial charge in [0.15, 0.2) is 0 Å². The Kier molecular flexibility index (Phi) is 4.67. The number of furan rings is 1. The van der Waals surface area contributed by atoms with Crippen LogP contribution < -0.4 is 5.43 Å². The highest BCUT2D eigenvalue weighted by Gasteiger charge is 2.14. The quantitative estimate of drug-likeness (QED) is 0.393. The number of phenolic OH excluding ortho intramolecular Hbond substituents is 1. The molecule has 126 valence electrons. The molecule has 0 spiro atoms. The molecule has 8 heteroatoms. The molecular weight excluding hydrogens is 346 g/mol. The molecule has 7 nitrogen and oxygen atoms in total. The van der Waals surface area contributed by atoms with E-state index in [1.807, 2.05) is 0 Å². The van der Waals surface area contributed by atoms with E-state index in [-0.39, 0.29) is 17.0 Å². The summed E-state index contributed by atoms with van der Waals surface area (Å²) in [6.45, 7) is 0. The number of nitro benzene ring substituents is 1. The Morgan fingerprint density at radius 3 is 2.80 bits per heavy atom. The number of nitrogens with zero attached hydrogens (tertiary/aromatic N) is 2. The number of halogens is 1. The predicted molar refractivity (Wildman–Crippen MR) is 95.1 cm³/mol. The van der Waals surface area contributed by atoms with E-state index in [0.717, 1.165) is 0 Å². The van der Waals surface area contributed by atoms with Crippen LogP contribution in [0.1, 0.15) is 5.76 Å². The first-order valence-electron chi connectivity index (χ1n) is 7.15. The number of phenols is 1. The molecule has 0 aliphatic heterocycles. The number of rotatable bonds is 5. The van der Waals surface area contributed by atoms with Crippen molar-refractivity contribution in [3.8, 4) is 17.1 Å². The molecule has 2 aromatic carbocycles. The molecule has 0 amide bonds. The summed E-state index contributed by atoms with van der Waals surface area (Å²) < 4.78 is 5.55. The lowest BCUT2D eigenvalue weighted by Crippen LogP contribution is -1.89. The van der Waals surface area contributed by atoms with Crippen molar-refractivity contribution in [2.45, 2.75) is 0 Å². The maximum absolute atomic E-state index is 10.9. The van der Waals surface area contributed by atoms with Gasteiger partial charge in [-0.25, -0.2) is 0 Å². The first-order valence-corrected chi connectivity index (χ1v) is 7.53. The maximum atomic E-state index is 10.9. The second kappa shape index (κ2) is 7.06. The van der Waals surface area contributed by atoms with Crippen LogP contribution in [0.3, 0.4) is 0 Å². The average molecular weight is 358 g/mol. The van der Waals surface area contributed by atoms with E-state index in [1.54, 1.807) is 36.4 Å². The molecule has 0 radical (unpaired) electrons. The SMILES string of the molecule is O=[N+]([O-])c1ccc(O)c(-c2ccc(/C=N\Nc3cccc(Cl)c3)o2)c1. The van der Waals surface area contributed by atoms with Crippen molar-refractivity contribution in [1.29, 1.82) is 0 Å². The van der Waals surface area contributed by atoms with E-state index < -0.39 is 4.92 Å². The van der Waals surface area contributed by atoms with Gasteiger partial charge in [0.1, 0.15) is 17.3 Å². The van der Waals surface area contributed by atoms with Gasteiger partial charge >= 0.3 is 0 Å². The summed E-state index contributed by atoms with van der Waals surface area (Å²) in [5.41, 5.74) is 3.62. The summed E-state index contributed by atoms with van der Waals surface area (Å²) in [5.74, 6) is 0.598. The second-order valence-electron chi connectivity index (χ2n) is 5.04. The van der Waals surface area contributed by atoms with Crippen LogP contribution in [0.2, 0.25) is 5.02 Å². The Hall–Kier alpha value is -3.32. The maximum Gasteiger partial charge on any atom is 0.270 e. The van der Waals surface area contributed by atoms with E-state index in [2.05, 4.69) is 10.5 Å². The van der Waals surface area contributed by atoms with Crippen molar-refractivity contribution < 1.29 is 14.4 Å². The van der Waals surface area contributed by atoms with E-state index in [0.29, 0.717) is 22.2 Å². The molecule has 1 aromatic heterocycles. The van der Waals surface area contributed by atoms with E-state index in [9.17, 15) is 15.2 Å². The summed E-state index contributed by atoms with van der Waals surface area (Å²) in [4.78, 5) is 10.3. The third-order valence-electron chi connectivity index (χ3n) is 3.29. The largest absolute Gasteiger partial charge is 0.507 e. The van der Waals surface area contributed by atoms with Gasteiger partial charge in [-0.2, -0.15) is 5.10 Å². The molecule has 0 aliphatic rings. The number of aromatic hydroxyl groups is 1. The zero-order valence-electron chi connectivity index (χ0n) is 12.7. The predicted octanol–water partition coefficient (Wildman–Crippen LogP) is 4.66. The zero-order chi connectivity index (χ0) is 17.8. The first-order chi connectivity index (χ1) is 12.0. The molecule has 25 heavy (non-hydrogen) atoms. The fraction of sp³-hybridized carbons (Fsp3) is 0. The van der Waals surface area contributed by atoms with Gasteiger partial charge in [-0.1, -0.05) is 17.7 Å². The van der Waals surface area contributed by atoms with Crippen molar-refractivity contribution in [2.75, 3.05) is 5.43 Å². The molecule has 0 aliphatic carbocycles. The molecule has 3 rings (SSSR count). The minimum Gasteiger partial charge on any atom is -0.507 e. The van der Waals surface area contributed by atoms with Crippen LogP contribution in [0.5, 0.6) is 5.75 Å². The topological polar surface area (TPSA) is 101 Å². The molecule has 0 atom stereocenters. The average Bonchev–Trinajstić information content (AvgIpc) is 3.04. The highest BCUT2D eigenvalue weighted by molar-refractivity contribution is 6.30. The zero-order valence-corrected chi connectivity index (χ0v) is 13.5. The van der Waals surface area contributed by atoms with Crippen LogP contribution in [0, 0.1) is 10.1 Å². The van der Waals surface area contributed by atoms with E-state index >= 15 is 0 Å². The van der Waals surface area contributed by atoms with Crippen molar-refractivity contribution in [3.05, 3.63) is 75.5 Å². The van der Waals surface area contributed by atoms with Gasteiger partial charge in [-0.3, -0.25) is 15.5 Å². The lowest BCUT2D eigenvalue weighted by atomic mass is 10.1. The minimum atomic E-state index is -0.539. The van der Waals surface area contributed by atoms with Gasteiger partial charge in [0.2, 0.25) is 0 Å². The number of hydrogen-bond acceptors (Lipinski definition) is 6. The fourth-order valence-corrected chi connectivity index (χ4v) is 2.32. The molecular formula is C17H12ClN3O4. The molecule has 3 aromatic rings. The standard InChI is InChI=1S/C17H12ClN3O4/c18-11-2-1-3-12(8-11)20-19-10-14-5-7-17(25-14)15-9-13(21(23)24)4-6-16(15)22/h1-10,20,22H/b19-10-. The highest BCUT2D eigenvalue weighted by Crippen LogP contribution is 2.33. The number of hydrazone groups is 1. The summed E-state index contributed by atoms with van der Waals surface area (Å²) in [7, 11) is 0. The van der Waals surface area contributed by atoms with E-state index in [4.69, 9.17) is 16.0 Å². The van der Waals surface area contributed by atoms with Gasteiger partial charge < -0.3 is 9.52 Å². The molecule has 0 unspecified atom stereocenters. The highest BCUT2D eigenvalue weighted by atomic mass is 35.5. The summed E-state index contributed by atoms with van der Waals surface area (Å²) >= 11 is 5.88. The van der Waals surface area contributed by atoms with Gasteiger partial charge in [0.25, 0.3) is 5.69 Å². The van der Waals surface area contributed by atoms with Gasteiger partial charge in [0.05, 0.1) is 22.4 Å². The van der Waals surface area contributed by atoms with Crippen LogP contribution in [-0.2, 0) is 0 Å². The number of nitro groups is 1. The molecule has 0 bridgehead atoms. The van der Waals surface area contributed by atoms with Crippen LogP contribution in [0.15, 0.2) is 64.1 Å². The summed E-state index contributed by atoms with van der Waals surface area (Å²) in [5, 5.41) is 25.4. The third-order valence-corrected chi connectivity index (χ3v) is 3.53. The monoisotopic (exact) mass is 357 g/mol. The van der Waals surface area contributed by atoms with Crippen molar-refractivity contribution in [1.82, 2.24) is 0 Å². The van der Waals surface area contributed by atoms with Gasteiger partial charge in [0, 0.05) is 17.2 Å². The fourth-order valence-electron chi connectivity index (χ4n) is 2.13. The van der Waals surface area contributed by atoms with Gasteiger partial charge in [-0.15, -0.1) is 0 Å². The number of nitrogens with one attached hydrogen (secondary N) is 1. The summed E-state index contributed by atoms with van der Waals surface area (Å²) in [6.07, 6.45) is 1.44. The number of benzene rings is 2. The van der Waals surface area contributed by atoms with Crippen molar-refractivity contribution in [2.24, 2.45) is 5.10 Å². The Labute approximate surface area is 147 Å². The van der Waals surface area contributed by atoms with Crippen LogP contribution >= 0.6 is 11.6 Å². The van der Waals surface area contributed by atoms with Gasteiger partial charge in [-0.05, 0) is 36.4 Å².